The molecule has 4 aromatic rings. The molecule has 0 aliphatic heterocycles. The Morgan fingerprint density at radius 2 is 1.53 bits per heavy atom. The maximum Gasteiger partial charge on any atom is 0.255 e. The van der Waals surface area contributed by atoms with Crippen LogP contribution in [0.2, 0.25) is 0 Å². The van der Waals surface area contributed by atoms with E-state index in [1.165, 1.54) is 0 Å². The quantitative estimate of drug-likeness (QED) is 0.495. The van der Waals surface area contributed by atoms with Crippen LogP contribution in [0.3, 0.4) is 0 Å². The molecule has 0 aliphatic rings. The molecule has 0 saturated heterocycles. The Kier molecular flexibility index (Phi) is 6.01. The first-order valence-electron chi connectivity index (χ1n) is 9.80. The van der Waals surface area contributed by atoms with Gasteiger partial charge < -0.3 is 10.1 Å². The Bertz CT molecular complexity index is 1100. The number of hydrogen-bond acceptors (Lipinski definition) is 3. The number of rotatable bonds is 7. The lowest BCUT2D eigenvalue weighted by Gasteiger charge is -2.07. The summed E-state index contributed by atoms with van der Waals surface area (Å²) in [6.45, 7) is 1.02. The molecule has 0 radical (unpaired) electrons. The number of aromatic nitrogens is 2. The molecule has 0 bridgehead atoms. The highest BCUT2D eigenvalue weighted by molar-refractivity contribution is 5.99. The van der Waals surface area contributed by atoms with E-state index < -0.39 is 0 Å². The third-order valence-corrected chi connectivity index (χ3v) is 4.81. The Labute approximate surface area is 175 Å². The van der Waals surface area contributed by atoms with E-state index in [1.54, 1.807) is 18.0 Å². The lowest BCUT2D eigenvalue weighted by Crippen LogP contribution is -2.23. The first-order chi connectivity index (χ1) is 14.7. The van der Waals surface area contributed by atoms with Crippen LogP contribution in [0.4, 0.5) is 0 Å². The van der Waals surface area contributed by atoms with Gasteiger partial charge in [-0.1, -0.05) is 72.8 Å². The topological polar surface area (TPSA) is 56.1 Å². The van der Waals surface area contributed by atoms with E-state index in [4.69, 9.17) is 9.84 Å². The molecule has 1 aromatic heterocycles. The SMILES string of the molecule is COCc1ccc(CNC(=O)c2cn(-c3ccccc3)nc2-c2ccccc2)cc1. The molecule has 4 rings (SSSR count). The molecule has 1 amide bonds. The predicted octanol–water partition coefficient (Wildman–Crippen LogP) is 4.62. The van der Waals surface area contributed by atoms with E-state index in [1.807, 2.05) is 84.9 Å². The highest BCUT2D eigenvalue weighted by Gasteiger charge is 2.18. The number of carbonyl (C=O) groups is 1. The van der Waals surface area contributed by atoms with E-state index in [9.17, 15) is 4.79 Å². The Hall–Kier alpha value is -3.70. The minimum atomic E-state index is -0.156. The normalized spacial score (nSPS) is 10.7. The second-order valence-corrected chi connectivity index (χ2v) is 6.97. The summed E-state index contributed by atoms with van der Waals surface area (Å²) in [7, 11) is 1.67. The van der Waals surface area contributed by atoms with Crippen LogP contribution < -0.4 is 5.32 Å². The molecule has 0 spiro atoms. The van der Waals surface area contributed by atoms with Gasteiger partial charge in [0.1, 0.15) is 5.69 Å². The number of carbonyl (C=O) groups excluding carboxylic acids is 1. The summed E-state index contributed by atoms with van der Waals surface area (Å²) >= 11 is 0. The van der Waals surface area contributed by atoms with E-state index >= 15 is 0 Å². The van der Waals surface area contributed by atoms with Gasteiger partial charge in [0.05, 0.1) is 17.9 Å². The minimum absolute atomic E-state index is 0.156. The first-order valence-corrected chi connectivity index (χ1v) is 9.80. The average Bonchev–Trinajstić information content (AvgIpc) is 3.26. The van der Waals surface area contributed by atoms with Crippen molar-refractivity contribution in [1.82, 2.24) is 15.1 Å². The van der Waals surface area contributed by atoms with Gasteiger partial charge in [0.25, 0.3) is 5.91 Å². The molecule has 30 heavy (non-hydrogen) atoms. The van der Waals surface area contributed by atoms with Crippen molar-refractivity contribution < 1.29 is 9.53 Å². The van der Waals surface area contributed by atoms with E-state index in [0.717, 1.165) is 22.4 Å². The molecule has 1 heterocycles. The number of amides is 1. The average molecular weight is 397 g/mol. The molecule has 0 unspecified atom stereocenters. The van der Waals surface area contributed by atoms with Gasteiger partial charge in [-0.25, -0.2) is 4.68 Å². The molecular formula is C25H23N3O2. The third kappa shape index (κ3) is 4.47. The number of nitrogens with one attached hydrogen (secondary N) is 1. The van der Waals surface area contributed by atoms with Crippen LogP contribution in [0.5, 0.6) is 0 Å². The lowest BCUT2D eigenvalue weighted by molar-refractivity contribution is 0.0951. The van der Waals surface area contributed by atoms with Gasteiger partial charge in [0.15, 0.2) is 0 Å². The molecule has 3 aromatic carbocycles. The number of benzene rings is 3. The van der Waals surface area contributed by atoms with Crippen LogP contribution in [0, 0.1) is 0 Å². The first kappa shape index (κ1) is 19.6. The summed E-state index contributed by atoms with van der Waals surface area (Å²) in [6, 6.07) is 27.6. The van der Waals surface area contributed by atoms with Crippen molar-refractivity contribution in [1.29, 1.82) is 0 Å². The van der Waals surface area contributed by atoms with Crippen molar-refractivity contribution in [3.63, 3.8) is 0 Å². The fraction of sp³-hybridized carbons (Fsp3) is 0.120. The van der Waals surface area contributed by atoms with Gasteiger partial charge in [-0.3, -0.25) is 4.79 Å². The summed E-state index contributed by atoms with van der Waals surface area (Å²) in [6.07, 6.45) is 1.79. The minimum Gasteiger partial charge on any atom is -0.380 e. The fourth-order valence-corrected chi connectivity index (χ4v) is 3.26. The summed E-state index contributed by atoms with van der Waals surface area (Å²) in [4.78, 5) is 13.0. The van der Waals surface area contributed by atoms with Crippen LogP contribution in [0.25, 0.3) is 16.9 Å². The highest BCUT2D eigenvalue weighted by Crippen LogP contribution is 2.23. The van der Waals surface area contributed by atoms with Gasteiger partial charge in [-0.05, 0) is 23.3 Å². The molecule has 5 nitrogen and oxygen atoms in total. The number of hydrogen-bond donors (Lipinski definition) is 1. The van der Waals surface area contributed by atoms with Gasteiger partial charge in [0.2, 0.25) is 0 Å². The van der Waals surface area contributed by atoms with Crippen LogP contribution in [0.15, 0.2) is 91.1 Å². The number of para-hydroxylation sites is 1. The highest BCUT2D eigenvalue weighted by atomic mass is 16.5. The zero-order valence-corrected chi connectivity index (χ0v) is 16.8. The van der Waals surface area contributed by atoms with Crippen molar-refractivity contribution in [3.8, 4) is 16.9 Å². The van der Waals surface area contributed by atoms with Crippen LogP contribution in [0.1, 0.15) is 21.5 Å². The lowest BCUT2D eigenvalue weighted by atomic mass is 10.1. The number of methoxy groups -OCH3 is 1. The van der Waals surface area contributed by atoms with Crippen LogP contribution in [-0.2, 0) is 17.9 Å². The fourth-order valence-electron chi connectivity index (χ4n) is 3.26. The number of nitrogens with zero attached hydrogens (tertiary/aromatic N) is 2. The summed E-state index contributed by atoms with van der Waals surface area (Å²) < 4.78 is 6.89. The molecular weight excluding hydrogens is 374 g/mol. The van der Waals surface area contributed by atoms with E-state index in [2.05, 4.69) is 5.32 Å². The molecule has 0 atom stereocenters. The number of ether oxygens (including phenoxy) is 1. The van der Waals surface area contributed by atoms with Gasteiger partial charge in [0, 0.05) is 25.4 Å². The second-order valence-electron chi connectivity index (χ2n) is 6.97. The van der Waals surface area contributed by atoms with Crippen molar-refractivity contribution in [3.05, 3.63) is 108 Å². The smallest absolute Gasteiger partial charge is 0.255 e. The van der Waals surface area contributed by atoms with Crippen LogP contribution >= 0.6 is 0 Å². The van der Waals surface area contributed by atoms with Crippen molar-refractivity contribution in [2.45, 2.75) is 13.2 Å². The van der Waals surface area contributed by atoms with E-state index in [-0.39, 0.29) is 5.91 Å². The van der Waals surface area contributed by atoms with Crippen molar-refractivity contribution in [2.24, 2.45) is 0 Å². The van der Waals surface area contributed by atoms with Crippen molar-refractivity contribution in [2.75, 3.05) is 7.11 Å². The maximum atomic E-state index is 13.0. The summed E-state index contributed by atoms with van der Waals surface area (Å²) in [5.74, 6) is -0.156. The Balaban J connectivity index is 1.58. The van der Waals surface area contributed by atoms with E-state index in [0.29, 0.717) is 24.4 Å². The molecule has 5 heteroatoms. The summed E-state index contributed by atoms with van der Waals surface area (Å²) in [5, 5.41) is 7.72. The molecule has 0 fully saturated rings. The third-order valence-electron chi connectivity index (χ3n) is 4.81. The van der Waals surface area contributed by atoms with Gasteiger partial charge in [-0.2, -0.15) is 5.10 Å². The predicted molar refractivity (Wildman–Crippen MR) is 117 cm³/mol. The molecule has 0 saturated carbocycles. The van der Waals surface area contributed by atoms with Crippen LogP contribution in [-0.4, -0.2) is 22.8 Å². The Morgan fingerprint density at radius 3 is 2.20 bits per heavy atom. The van der Waals surface area contributed by atoms with Gasteiger partial charge >= 0.3 is 0 Å². The monoisotopic (exact) mass is 397 g/mol. The molecule has 150 valence electrons. The zero-order valence-electron chi connectivity index (χ0n) is 16.8. The Morgan fingerprint density at radius 1 is 0.900 bits per heavy atom. The molecule has 0 aliphatic carbocycles. The second kappa shape index (κ2) is 9.20. The zero-order chi connectivity index (χ0) is 20.8. The largest absolute Gasteiger partial charge is 0.380 e. The standard InChI is InChI=1S/C25H23N3O2/c1-30-18-20-14-12-19(13-15-20)16-26-25(29)23-17-28(22-10-6-3-7-11-22)27-24(23)21-8-4-2-5-9-21/h2-15,17H,16,18H2,1H3,(H,26,29). The maximum absolute atomic E-state index is 13.0. The van der Waals surface area contributed by atoms with Gasteiger partial charge in [-0.15, -0.1) is 0 Å². The molecule has 1 N–H and O–H groups in total. The van der Waals surface area contributed by atoms with Crippen molar-refractivity contribution >= 4 is 5.91 Å². The summed E-state index contributed by atoms with van der Waals surface area (Å²) in [5.41, 5.74) is 5.14.